The summed E-state index contributed by atoms with van der Waals surface area (Å²) in [7, 11) is 0. The Balaban J connectivity index is 3.11. The predicted octanol–water partition coefficient (Wildman–Crippen LogP) is 1.87. The molecule has 1 rings (SSSR count). The van der Waals surface area contributed by atoms with Crippen LogP contribution in [-0.4, -0.2) is 28.5 Å². The van der Waals surface area contributed by atoms with Crippen molar-refractivity contribution in [1.82, 2.24) is 0 Å². The van der Waals surface area contributed by atoms with E-state index in [4.69, 9.17) is 16.7 Å². The number of phenolic OH excluding ortho intramolecular Hbond substituents is 1. The second kappa shape index (κ2) is 5.37. The number of rotatable bonds is 4. The van der Waals surface area contributed by atoms with Gasteiger partial charge in [0, 0.05) is 5.56 Å². The Morgan fingerprint density at radius 2 is 2.25 bits per heavy atom. The lowest BCUT2D eigenvalue weighted by Crippen LogP contribution is -2.15. The summed E-state index contributed by atoms with van der Waals surface area (Å²) in [6, 6.07) is 4.00. The molecule has 86 valence electrons. The number of oxime groups is 1. The molecule has 0 radical (unpaired) electrons. The molecule has 0 unspecified atom stereocenters. The first-order chi connectivity index (χ1) is 7.56. The number of carboxylic acid groups (broad SMARTS) is 1. The van der Waals surface area contributed by atoms with Crippen molar-refractivity contribution < 1.29 is 19.8 Å². The topological polar surface area (TPSA) is 79.1 Å². The SMILES string of the molecule is CCO/N=C(\C(=O)O)c1ccc(O)c(Cl)c1. The highest BCUT2D eigenvalue weighted by atomic mass is 35.5. The number of carbonyl (C=O) groups is 1. The van der Waals surface area contributed by atoms with Gasteiger partial charge < -0.3 is 15.1 Å². The number of benzene rings is 1. The molecule has 0 atom stereocenters. The summed E-state index contributed by atoms with van der Waals surface area (Å²) in [4.78, 5) is 15.6. The minimum absolute atomic E-state index is 0.0583. The maximum Gasteiger partial charge on any atom is 0.358 e. The van der Waals surface area contributed by atoms with Crippen molar-refractivity contribution in [1.29, 1.82) is 0 Å². The van der Waals surface area contributed by atoms with Gasteiger partial charge in [-0.25, -0.2) is 4.79 Å². The fourth-order valence-electron chi connectivity index (χ4n) is 0.999. The van der Waals surface area contributed by atoms with Gasteiger partial charge in [-0.15, -0.1) is 0 Å². The van der Waals surface area contributed by atoms with Gasteiger partial charge in [0.25, 0.3) is 0 Å². The van der Waals surface area contributed by atoms with Gasteiger partial charge in [-0.05, 0) is 25.1 Å². The van der Waals surface area contributed by atoms with Gasteiger partial charge in [0.05, 0.1) is 5.02 Å². The van der Waals surface area contributed by atoms with Crippen LogP contribution in [0, 0.1) is 0 Å². The van der Waals surface area contributed by atoms with Crippen molar-refractivity contribution in [3.63, 3.8) is 0 Å². The Morgan fingerprint density at radius 1 is 1.56 bits per heavy atom. The Bertz CT molecular complexity index is 431. The van der Waals surface area contributed by atoms with Crippen molar-refractivity contribution in [2.75, 3.05) is 6.61 Å². The van der Waals surface area contributed by atoms with Crippen LogP contribution in [0.3, 0.4) is 0 Å². The number of hydrogen-bond donors (Lipinski definition) is 2. The second-order valence-electron chi connectivity index (χ2n) is 2.83. The number of phenols is 1. The molecule has 6 heteroatoms. The van der Waals surface area contributed by atoms with Gasteiger partial charge in [0.2, 0.25) is 0 Å². The first kappa shape index (κ1) is 12.3. The van der Waals surface area contributed by atoms with Crippen molar-refractivity contribution in [3.05, 3.63) is 28.8 Å². The molecule has 0 aliphatic heterocycles. The van der Waals surface area contributed by atoms with E-state index in [0.29, 0.717) is 0 Å². The van der Waals surface area contributed by atoms with Crippen LogP contribution < -0.4 is 0 Å². The lowest BCUT2D eigenvalue weighted by atomic mass is 10.1. The Hall–Kier alpha value is -1.75. The molecule has 0 aliphatic carbocycles. The van der Waals surface area contributed by atoms with Crippen LogP contribution in [0.2, 0.25) is 5.02 Å². The molecule has 0 bridgehead atoms. The van der Waals surface area contributed by atoms with Crippen LogP contribution in [0.1, 0.15) is 12.5 Å². The van der Waals surface area contributed by atoms with Crippen LogP contribution in [0.5, 0.6) is 5.75 Å². The van der Waals surface area contributed by atoms with Crippen LogP contribution in [0.4, 0.5) is 0 Å². The lowest BCUT2D eigenvalue weighted by Gasteiger charge is -2.03. The molecule has 0 saturated carbocycles. The molecule has 0 fully saturated rings. The average molecular weight is 244 g/mol. The second-order valence-corrected chi connectivity index (χ2v) is 3.24. The summed E-state index contributed by atoms with van der Waals surface area (Å²) in [5, 5.41) is 21.6. The molecule has 1 aromatic rings. The first-order valence-electron chi connectivity index (χ1n) is 4.48. The lowest BCUT2D eigenvalue weighted by molar-refractivity contribution is -0.129. The normalized spacial score (nSPS) is 11.2. The zero-order valence-corrected chi connectivity index (χ0v) is 9.23. The Morgan fingerprint density at radius 3 is 2.75 bits per heavy atom. The van der Waals surface area contributed by atoms with Gasteiger partial charge in [0.15, 0.2) is 5.71 Å². The number of aliphatic carboxylic acids is 1. The molecule has 0 saturated heterocycles. The fourth-order valence-corrected chi connectivity index (χ4v) is 1.18. The molecule has 0 aromatic heterocycles. The van der Waals surface area contributed by atoms with Crippen molar-refractivity contribution in [2.45, 2.75) is 6.92 Å². The predicted molar refractivity (Wildman–Crippen MR) is 58.9 cm³/mol. The molecule has 0 amide bonds. The summed E-state index contributed by atoms with van der Waals surface area (Å²) >= 11 is 5.66. The number of carboxylic acids is 1. The van der Waals surface area contributed by atoms with Gasteiger partial charge in [-0.1, -0.05) is 16.8 Å². The van der Waals surface area contributed by atoms with E-state index in [9.17, 15) is 9.90 Å². The third kappa shape index (κ3) is 2.87. The summed E-state index contributed by atoms with van der Waals surface area (Å²) < 4.78 is 0. The van der Waals surface area contributed by atoms with E-state index in [1.54, 1.807) is 6.92 Å². The Labute approximate surface area is 96.9 Å². The highest BCUT2D eigenvalue weighted by Gasteiger charge is 2.14. The van der Waals surface area contributed by atoms with E-state index in [1.807, 2.05) is 0 Å². The monoisotopic (exact) mass is 243 g/mol. The van der Waals surface area contributed by atoms with E-state index in [1.165, 1.54) is 18.2 Å². The van der Waals surface area contributed by atoms with E-state index in [0.717, 1.165) is 0 Å². The van der Waals surface area contributed by atoms with Crippen molar-refractivity contribution in [2.24, 2.45) is 5.16 Å². The van der Waals surface area contributed by atoms with E-state index >= 15 is 0 Å². The maximum atomic E-state index is 10.9. The zero-order valence-electron chi connectivity index (χ0n) is 8.48. The molecular weight excluding hydrogens is 234 g/mol. The third-order valence-corrected chi connectivity index (χ3v) is 2.01. The maximum absolute atomic E-state index is 10.9. The molecule has 16 heavy (non-hydrogen) atoms. The zero-order chi connectivity index (χ0) is 12.1. The van der Waals surface area contributed by atoms with Crippen LogP contribution in [-0.2, 0) is 9.63 Å². The molecule has 2 N–H and O–H groups in total. The highest BCUT2D eigenvalue weighted by molar-refractivity contribution is 6.43. The molecule has 1 aromatic carbocycles. The average Bonchev–Trinajstić information content (AvgIpc) is 2.23. The van der Waals surface area contributed by atoms with E-state index < -0.39 is 5.97 Å². The molecule has 0 heterocycles. The Kier molecular flexibility index (Phi) is 4.13. The summed E-state index contributed by atoms with van der Waals surface area (Å²) in [6.07, 6.45) is 0. The molecule has 5 nitrogen and oxygen atoms in total. The summed E-state index contributed by atoms with van der Waals surface area (Å²) in [6.45, 7) is 1.95. The first-order valence-corrected chi connectivity index (χ1v) is 4.86. The fraction of sp³-hybridized carbons (Fsp3) is 0.200. The minimum atomic E-state index is -1.23. The number of hydrogen-bond acceptors (Lipinski definition) is 4. The number of nitrogens with zero attached hydrogens (tertiary/aromatic N) is 1. The number of halogens is 1. The largest absolute Gasteiger partial charge is 0.506 e. The summed E-state index contributed by atoms with van der Waals surface area (Å²) in [5.41, 5.74) is 0.00694. The van der Waals surface area contributed by atoms with Gasteiger partial charge in [-0.2, -0.15) is 0 Å². The van der Waals surface area contributed by atoms with Crippen molar-refractivity contribution in [3.8, 4) is 5.75 Å². The van der Waals surface area contributed by atoms with Crippen molar-refractivity contribution >= 4 is 23.3 Å². The highest BCUT2D eigenvalue weighted by Crippen LogP contribution is 2.24. The number of aromatic hydroxyl groups is 1. The standard InChI is InChI=1S/C10H10ClNO4/c1-2-16-12-9(10(14)15)6-3-4-8(13)7(11)5-6/h3-5,13H,2H2,1H3,(H,14,15)/b12-9-. The minimum Gasteiger partial charge on any atom is -0.506 e. The quantitative estimate of drug-likeness (QED) is 0.625. The summed E-state index contributed by atoms with van der Waals surface area (Å²) in [5.74, 6) is -1.35. The van der Waals surface area contributed by atoms with E-state index in [-0.39, 0.29) is 28.7 Å². The van der Waals surface area contributed by atoms with Crippen LogP contribution >= 0.6 is 11.6 Å². The smallest absolute Gasteiger partial charge is 0.358 e. The van der Waals surface area contributed by atoms with E-state index in [2.05, 4.69) is 9.99 Å². The van der Waals surface area contributed by atoms with Gasteiger partial charge in [0.1, 0.15) is 12.4 Å². The van der Waals surface area contributed by atoms with Crippen LogP contribution in [0.15, 0.2) is 23.4 Å². The van der Waals surface area contributed by atoms with Crippen LogP contribution in [0.25, 0.3) is 0 Å². The molecule has 0 aliphatic rings. The molecular formula is C10H10ClNO4. The third-order valence-electron chi connectivity index (χ3n) is 1.71. The van der Waals surface area contributed by atoms with Gasteiger partial charge >= 0.3 is 5.97 Å². The van der Waals surface area contributed by atoms with Gasteiger partial charge in [-0.3, -0.25) is 0 Å². The molecule has 0 spiro atoms.